The van der Waals surface area contributed by atoms with Crippen LogP contribution in [0.1, 0.15) is 13.8 Å². The van der Waals surface area contributed by atoms with E-state index in [-0.39, 0.29) is 6.61 Å². The molecular weight excluding hydrogens is 158 g/mol. The Morgan fingerprint density at radius 3 is 2.45 bits per heavy atom. The molecule has 2 N–H and O–H groups in total. The maximum absolute atomic E-state index is 8.71. The molecule has 3 heteroatoms. The van der Waals surface area contributed by atoms with Crippen molar-refractivity contribution in [1.82, 2.24) is 5.32 Å². The fourth-order valence-electron chi connectivity index (χ4n) is 0.681. The van der Waals surface area contributed by atoms with Gasteiger partial charge in [0.1, 0.15) is 0 Å². The average molecular weight is 177 g/mol. The summed E-state index contributed by atoms with van der Waals surface area (Å²) >= 11 is 1.86. The molecule has 0 aromatic rings. The highest BCUT2D eigenvalue weighted by Crippen LogP contribution is 2.02. The van der Waals surface area contributed by atoms with Gasteiger partial charge in [0.05, 0.1) is 0 Å². The van der Waals surface area contributed by atoms with Crippen molar-refractivity contribution in [2.45, 2.75) is 19.1 Å². The number of thioether (sulfide) groups is 1. The highest BCUT2D eigenvalue weighted by molar-refractivity contribution is 7.99. The van der Waals surface area contributed by atoms with Crippen LogP contribution >= 0.6 is 11.8 Å². The average Bonchev–Trinajstić information content (AvgIpc) is 2.04. The van der Waals surface area contributed by atoms with Gasteiger partial charge in [-0.05, 0) is 18.7 Å². The van der Waals surface area contributed by atoms with Gasteiger partial charge in [-0.3, -0.25) is 0 Å². The minimum atomic E-state index is 0.278. The van der Waals surface area contributed by atoms with E-state index in [0.717, 1.165) is 13.1 Å². The predicted octanol–water partition coefficient (Wildman–Crippen LogP) is 0.956. The van der Waals surface area contributed by atoms with Crippen LogP contribution in [0.4, 0.5) is 0 Å². The third-order valence-electron chi connectivity index (χ3n) is 1.64. The highest BCUT2D eigenvalue weighted by Gasteiger charge is 2.01. The fourth-order valence-corrected chi connectivity index (χ4v) is 0.965. The molecule has 68 valence electrons. The third-order valence-corrected chi connectivity index (χ3v) is 2.61. The lowest BCUT2D eigenvalue weighted by atomic mass is 10.2. The van der Waals surface area contributed by atoms with Crippen molar-refractivity contribution in [2.24, 2.45) is 5.92 Å². The molecule has 11 heavy (non-hydrogen) atoms. The van der Waals surface area contributed by atoms with Crippen LogP contribution < -0.4 is 5.32 Å². The molecule has 0 heterocycles. The van der Waals surface area contributed by atoms with E-state index in [2.05, 4.69) is 18.5 Å². The van der Waals surface area contributed by atoms with Crippen molar-refractivity contribution in [3.8, 4) is 0 Å². The Bertz CT molecular complexity index is 80.2. The molecule has 0 aliphatic rings. The summed E-state index contributed by atoms with van der Waals surface area (Å²) in [4.78, 5) is 0. The molecular formula is C8H19NOS. The van der Waals surface area contributed by atoms with E-state index in [4.69, 9.17) is 5.11 Å². The van der Waals surface area contributed by atoms with Gasteiger partial charge in [-0.25, -0.2) is 0 Å². The quantitative estimate of drug-likeness (QED) is 0.634. The first-order chi connectivity index (χ1) is 5.20. The SMILES string of the molecule is CSC(C)CNCC(C)CO. The zero-order valence-corrected chi connectivity index (χ0v) is 8.45. The van der Waals surface area contributed by atoms with E-state index in [1.807, 2.05) is 18.7 Å². The normalized spacial score (nSPS) is 16.4. The van der Waals surface area contributed by atoms with Crippen LogP contribution in [0, 0.1) is 5.92 Å². The zero-order chi connectivity index (χ0) is 8.69. The van der Waals surface area contributed by atoms with Gasteiger partial charge in [-0.1, -0.05) is 13.8 Å². The van der Waals surface area contributed by atoms with Crippen LogP contribution in [0.3, 0.4) is 0 Å². The number of aliphatic hydroxyl groups is 1. The third kappa shape index (κ3) is 6.66. The second-order valence-corrected chi connectivity index (χ2v) is 4.27. The van der Waals surface area contributed by atoms with Gasteiger partial charge >= 0.3 is 0 Å². The number of hydrogen-bond donors (Lipinski definition) is 2. The van der Waals surface area contributed by atoms with Gasteiger partial charge < -0.3 is 10.4 Å². The number of rotatable bonds is 6. The molecule has 0 saturated heterocycles. The van der Waals surface area contributed by atoms with Crippen LogP contribution in [0.2, 0.25) is 0 Å². The van der Waals surface area contributed by atoms with Gasteiger partial charge in [-0.15, -0.1) is 0 Å². The van der Waals surface area contributed by atoms with Gasteiger partial charge in [-0.2, -0.15) is 11.8 Å². The van der Waals surface area contributed by atoms with E-state index in [1.165, 1.54) is 0 Å². The van der Waals surface area contributed by atoms with Crippen LogP contribution in [0.15, 0.2) is 0 Å². The summed E-state index contributed by atoms with van der Waals surface area (Å²) < 4.78 is 0. The molecule has 0 spiro atoms. The summed E-state index contributed by atoms with van der Waals surface area (Å²) in [7, 11) is 0. The van der Waals surface area contributed by atoms with Crippen molar-refractivity contribution in [1.29, 1.82) is 0 Å². The number of hydrogen-bond acceptors (Lipinski definition) is 3. The summed E-state index contributed by atoms with van der Waals surface area (Å²) in [6, 6.07) is 0. The maximum Gasteiger partial charge on any atom is 0.0468 e. The summed E-state index contributed by atoms with van der Waals surface area (Å²) in [5, 5.41) is 12.7. The Hall–Kier alpha value is 0.270. The first-order valence-electron chi connectivity index (χ1n) is 4.05. The van der Waals surface area contributed by atoms with Crippen molar-refractivity contribution < 1.29 is 5.11 Å². The first kappa shape index (κ1) is 11.3. The Kier molecular flexibility index (Phi) is 7.12. The van der Waals surface area contributed by atoms with Gasteiger partial charge in [0.15, 0.2) is 0 Å². The van der Waals surface area contributed by atoms with Gasteiger partial charge in [0.25, 0.3) is 0 Å². The maximum atomic E-state index is 8.71. The highest BCUT2D eigenvalue weighted by atomic mass is 32.2. The molecule has 0 aliphatic carbocycles. The Labute approximate surface area is 73.8 Å². The standard InChI is InChI=1S/C8H19NOS/c1-7(6-10)4-9-5-8(2)11-3/h7-10H,4-6H2,1-3H3. The van der Waals surface area contributed by atoms with Gasteiger partial charge in [0.2, 0.25) is 0 Å². The minimum Gasteiger partial charge on any atom is -0.396 e. The number of nitrogens with one attached hydrogen (secondary N) is 1. The molecule has 2 atom stereocenters. The summed E-state index contributed by atoms with van der Waals surface area (Å²) in [6.07, 6.45) is 2.11. The molecule has 2 nitrogen and oxygen atoms in total. The van der Waals surface area contributed by atoms with E-state index in [0.29, 0.717) is 11.2 Å². The van der Waals surface area contributed by atoms with Crippen LogP contribution in [-0.4, -0.2) is 36.3 Å². The van der Waals surface area contributed by atoms with Crippen molar-refractivity contribution in [3.63, 3.8) is 0 Å². The first-order valence-corrected chi connectivity index (χ1v) is 5.33. The molecule has 0 aliphatic heterocycles. The largest absolute Gasteiger partial charge is 0.396 e. The van der Waals surface area contributed by atoms with E-state index >= 15 is 0 Å². The molecule has 0 amide bonds. The Morgan fingerprint density at radius 1 is 1.36 bits per heavy atom. The van der Waals surface area contributed by atoms with Crippen LogP contribution in [-0.2, 0) is 0 Å². The van der Waals surface area contributed by atoms with Crippen molar-refractivity contribution in [2.75, 3.05) is 26.0 Å². The van der Waals surface area contributed by atoms with E-state index < -0.39 is 0 Å². The smallest absolute Gasteiger partial charge is 0.0468 e. The van der Waals surface area contributed by atoms with Crippen LogP contribution in [0.5, 0.6) is 0 Å². The van der Waals surface area contributed by atoms with E-state index in [1.54, 1.807) is 0 Å². The molecule has 0 saturated carbocycles. The van der Waals surface area contributed by atoms with Crippen LogP contribution in [0.25, 0.3) is 0 Å². The van der Waals surface area contributed by atoms with E-state index in [9.17, 15) is 0 Å². The second kappa shape index (κ2) is 6.95. The Balaban J connectivity index is 3.13. The lowest BCUT2D eigenvalue weighted by Crippen LogP contribution is -2.28. The molecule has 0 aromatic heterocycles. The monoisotopic (exact) mass is 177 g/mol. The lowest BCUT2D eigenvalue weighted by molar-refractivity contribution is 0.234. The number of aliphatic hydroxyl groups excluding tert-OH is 1. The summed E-state index contributed by atoms with van der Waals surface area (Å²) in [6.45, 7) is 6.46. The molecule has 0 rings (SSSR count). The molecule has 0 bridgehead atoms. The topological polar surface area (TPSA) is 32.3 Å². The predicted molar refractivity (Wildman–Crippen MR) is 52.1 cm³/mol. The molecule has 0 radical (unpaired) electrons. The molecule has 2 unspecified atom stereocenters. The minimum absolute atomic E-state index is 0.278. The molecule has 0 fully saturated rings. The fraction of sp³-hybridized carbons (Fsp3) is 1.00. The molecule has 0 aromatic carbocycles. The van der Waals surface area contributed by atoms with Crippen molar-refractivity contribution in [3.05, 3.63) is 0 Å². The summed E-state index contributed by atoms with van der Waals surface area (Å²) in [5.74, 6) is 0.379. The van der Waals surface area contributed by atoms with Crippen molar-refractivity contribution >= 4 is 11.8 Å². The van der Waals surface area contributed by atoms with Gasteiger partial charge in [0, 0.05) is 18.4 Å². The Morgan fingerprint density at radius 2 is 2.00 bits per heavy atom. The zero-order valence-electron chi connectivity index (χ0n) is 7.63. The second-order valence-electron chi connectivity index (χ2n) is 2.99. The lowest BCUT2D eigenvalue weighted by Gasteiger charge is -2.12. The summed E-state index contributed by atoms with van der Waals surface area (Å²) in [5.41, 5.74) is 0.